The van der Waals surface area contributed by atoms with E-state index in [-0.39, 0.29) is 11.9 Å². The third-order valence-corrected chi connectivity index (χ3v) is 4.12. The fourth-order valence-corrected chi connectivity index (χ4v) is 3.11. The average molecular weight is 324 g/mol. The van der Waals surface area contributed by atoms with Crippen LogP contribution in [-0.4, -0.2) is 5.91 Å². The maximum absolute atomic E-state index is 12.1. The lowest BCUT2D eigenvalue weighted by molar-refractivity contribution is 0.0939. The Kier molecular flexibility index (Phi) is 4.19. The molecule has 0 saturated carbocycles. The molecular weight excluding hydrogens is 310 g/mol. The highest BCUT2D eigenvalue weighted by Gasteiger charge is 2.14. The molecule has 1 aromatic heterocycles. The van der Waals surface area contributed by atoms with Gasteiger partial charge in [-0.3, -0.25) is 4.79 Å². The van der Waals surface area contributed by atoms with Crippen LogP contribution < -0.4 is 5.32 Å². The quantitative estimate of drug-likeness (QED) is 0.895. The van der Waals surface area contributed by atoms with Crippen LogP contribution >= 0.6 is 27.3 Å². The predicted molar refractivity (Wildman–Crippen MR) is 79.1 cm³/mol. The lowest BCUT2D eigenvalue weighted by Gasteiger charge is -2.13. The van der Waals surface area contributed by atoms with Crippen molar-refractivity contribution in [3.8, 4) is 0 Å². The minimum Gasteiger partial charge on any atom is -0.345 e. The van der Waals surface area contributed by atoms with Crippen LogP contribution in [-0.2, 0) is 0 Å². The molecule has 1 amide bonds. The first kappa shape index (κ1) is 13.3. The molecule has 0 radical (unpaired) electrons. The summed E-state index contributed by atoms with van der Waals surface area (Å²) in [6.45, 7) is 3.99. The van der Waals surface area contributed by atoms with Gasteiger partial charge in [-0.1, -0.05) is 6.07 Å². The van der Waals surface area contributed by atoms with Crippen molar-refractivity contribution in [1.29, 1.82) is 0 Å². The molecule has 2 nitrogen and oxygen atoms in total. The van der Waals surface area contributed by atoms with Crippen molar-refractivity contribution in [2.24, 2.45) is 0 Å². The van der Waals surface area contributed by atoms with Gasteiger partial charge in [-0.2, -0.15) is 11.3 Å². The number of amides is 1. The molecule has 1 heterocycles. The third kappa shape index (κ3) is 3.00. The number of hydrogen-bond donors (Lipinski definition) is 1. The van der Waals surface area contributed by atoms with Crippen LogP contribution in [0, 0.1) is 6.92 Å². The van der Waals surface area contributed by atoms with Crippen LogP contribution in [0.15, 0.2) is 39.5 Å². The number of aryl methyl sites for hydroxylation is 1. The first-order valence-electron chi connectivity index (χ1n) is 5.67. The van der Waals surface area contributed by atoms with E-state index < -0.39 is 0 Å². The zero-order valence-corrected chi connectivity index (χ0v) is 12.6. The summed E-state index contributed by atoms with van der Waals surface area (Å²) in [6.07, 6.45) is 0. The van der Waals surface area contributed by atoms with Gasteiger partial charge in [-0.15, -0.1) is 0 Å². The van der Waals surface area contributed by atoms with E-state index in [1.165, 1.54) is 0 Å². The highest BCUT2D eigenvalue weighted by atomic mass is 79.9. The summed E-state index contributed by atoms with van der Waals surface area (Å²) in [6, 6.07) is 7.78. The predicted octanol–water partition coefficient (Wildman–Crippen LogP) is 4.31. The van der Waals surface area contributed by atoms with E-state index in [1.807, 2.05) is 43.5 Å². The van der Waals surface area contributed by atoms with Gasteiger partial charge in [-0.05, 0) is 69.9 Å². The molecule has 2 aromatic rings. The molecule has 0 aliphatic heterocycles. The van der Waals surface area contributed by atoms with E-state index in [1.54, 1.807) is 11.3 Å². The molecule has 1 unspecified atom stereocenters. The monoisotopic (exact) mass is 323 g/mol. The SMILES string of the molecule is Cc1ccc(C(=O)NC(C)c2ccsc2)c(Br)c1. The zero-order chi connectivity index (χ0) is 13.1. The number of carbonyl (C=O) groups excluding carboxylic acids is 1. The van der Waals surface area contributed by atoms with Crippen LogP contribution in [0.1, 0.15) is 34.5 Å². The number of hydrogen-bond acceptors (Lipinski definition) is 2. The van der Waals surface area contributed by atoms with Crippen molar-refractivity contribution in [1.82, 2.24) is 5.32 Å². The third-order valence-electron chi connectivity index (χ3n) is 2.76. The van der Waals surface area contributed by atoms with Gasteiger partial charge in [0.2, 0.25) is 0 Å². The highest BCUT2D eigenvalue weighted by Crippen LogP contribution is 2.20. The summed E-state index contributed by atoms with van der Waals surface area (Å²) in [5.74, 6) is -0.0550. The van der Waals surface area contributed by atoms with E-state index >= 15 is 0 Å². The lowest BCUT2D eigenvalue weighted by Crippen LogP contribution is -2.26. The molecule has 2 rings (SSSR count). The number of carbonyl (C=O) groups is 1. The fourth-order valence-electron chi connectivity index (χ4n) is 1.68. The van der Waals surface area contributed by atoms with Crippen molar-refractivity contribution in [3.63, 3.8) is 0 Å². The smallest absolute Gasteiger partial charge is 0.252 e. The second-order valence-corrected chi connectivity index (χ2v) is 5.87. The van der Waals surface area contributed by atoms with E-state index in [2.05, 4.69) is 26.6 Å². The number of halogens is 1. The summed E-state index contributed by atoms with van der Waals surface area (Å²) in [4.78, 5) is 12.1. The molecule has 1 aromatic carbocycles. The van der Waals surface area contributed by atoms with Gasteiger partial charge in [0.15, 0.2) is 0 Å². The Morgan fingerprint density at radius 1 is 1.39 bits per heavy atom. The van der Waals surface area contributed by atoms with Crippen molar-refractivity contribution < 1.29 is 4.79 Å². The summed E-state index contributed by atoms with van der Waals surface area (Å²) < 4.78 is 0.831. The summed E-state index contributed by atoms with van der Waals surface area (Å²) >= 11 is 5.06. The van der Waals surface area contributed by atoms with Gasteiger partial charge in [0.25, 0.3) is 5.91 Å². The first-order valence-corrected chi connectivity index (χ1v) is 7.40. The normalized spacial score (nSPS) is 12.2. The Morgan fingerprint density at radius 2 is 2.17 bits per heavy atom. The van der Waals surface area contributed by atoms with Crippen molar-refractivity contribution >= 4 is 33.2 Å². The fraction of sp³-hybridized carbons (Fsp3) is 0.214. The van der Waals surface area contributed by atoms with E-state index in [9.17, 15) is 4.79 Å². The van der Waals surface area contributed by atoms with Crippen molar-refractivity contribution in [2.75, 3.05) is 0 Å². The molecule has 0 spiro atoms. The van der Waals surface area contributed by atoms with Crippen LogP contribution in [0.3, 0.4) is 0 Å². The summed E-state index contributed by atoms with van der Waals surface area (Å²) in [5.41, 5.74) is 2.93. The molecular formula is C14H14BrNOS. The first-order chi connectivity index (χ1) is 8.58. The van der Waals surface area contributed by atoms with Gasteiger partial charge in [0, 0.05) is 4.47 Å². The molecule has 0 bridgehead atoms. The number of benzene rings is 1. The van der Waals surface area contributed by atoms with Gasteiger partial charge in [0.1, 0.15) is 0 Å². The molecule has 0 fully saturated rings. The molecule has 1 atom stereocenters. The van der Waals surface area contributed by atoms with E-state index in [4.69, 9.17) is 0 Å². The Morgan fingerprint density at radius 3 is 2.78 bits per heavy atom. The minimum atomic E-state index is -0.0550. The Hall–Kier alpha value is -1.13. The van der Waals surface area contributed by atoms with Crippen molar-refractivity contribution in [3.05, 3.63) is 56.2 Å². The van der Waals surface area contributed by atoms with E-state index in [0.717, 1.165) is 15.6 Å². The van der Waals surface area contributed by atoms with Gasteiger partial charge in [0.05, 0.1) is 11.6 Å². The standard InChI is InChI=1S/C14H14BrNOS/c1-9-3-4-12(13(15)7-9)14(17)16-10(2)11-5-6-18-8-11/h3-8,10H,1-2H3,(H,16,17). The molecule has 0 aliphatic carbocycles. The Labute approximate surface area is 119 Å². The summed E-state index contributed by atoms with van der Waals surface area (Å²) in [5, 5.41) is 7.06. The molecule has 0 aliphatic rings. The second kappa shape index (κ2) is 5.67. The van der Waals surface area contributed by atoms with Gasteiger partial charge in [-0.25, -0.2) is 0 Å². The van der Waals surface area contributed by atoms with Crippen LogP contribution in [0.2, 0.25) is 0 Å². The highest BCUT2D eigenvalue weighted by molar-refractivity contribution is 9.10. The van der Waals surface area contributed by atoms with Gasteiger partial charge < -0.3 is 5.32 Å². The molecule has 94 valence electrons. The van der Waals surface area contributed by atoms with Crippen molar-refractivity contribution in [2.45, 2.75) is 19.9 Å². The van der Waals surface area contributed by atoms with Crippen LogP contribution in [0.25, 0.3) is 0 Å². The Bertz CT molecular complexity index is 551. The topological polar surface area (TPSA) is 29.1 Å². The molecule has 18 heavy (non-hydrogen) atoms. The molecule has 1 N–H and O–H groups in total. The molecule has 4 heteroatoms. The minimum absolute atomic E-state index is 0.0250. The van der Waals surface area contributed by atoms with Gasteiger partial charge >= 0.3 is 0 Å². The summed E-state index contributed by atoms with van der Waals surface area (Å²) in [7, 11) is 0. The maximum atomic E-state index is 12.1. The number of rotatable bonds is 3. The van der Waals surface area contributed by atoms with Crippen LogP contribution in [0.4, 0.5) is 0 Å². The van der Waals surface area contributed by atoms with E-state index in [0.29, 0.717) is 5.56 Å². The Balaban J connectivity index is 2.12. The lowest BCUT2D eigenvalue weighted by atomic mass is 10.1. The zero-order valence-electron chi connectivity index (χ0n) is 10.2. The molecule has 0 saturated heterocycles. The average Bonchev–Trinajstić information content (AvgIpc) is 2.81. The number of nitrogens with one attached hydrogen (secondary N) is 1. The number of thiophene rings is 1. The van der Waals surface area contributed by atoms with Crippen LogP contribution in [0.5, 0.6) is 0 Å². The maximum Gasteiger partial charge on any atom is 0.252 e. The largest absolute Gasteiger partial charge is 0.345 e. The second-order valence-electron chi connectivity index (χ2n) is 4.24.